The molecule has 1 atom stereocenters. The van der Waals surface area contributed by atoms with E-state index in [2.05, 4.69) is 77.3 Å². The molecule has 5 heteroatoms. The van der Waals surface area contributed by atoms with E-state index in [4.69, 9.17) is 0 Å². The number of rotatable bonds is 9. The Hall–Kier alpha value is -3.15. The van der Waals surface area contributed by atoms with Crippen LogP contribution in [0.1, 0.15) is 36.6 Å². The Labute approximate surface area is 203 Å². The van der Waals surface area contributed by atoms with Crippen LogP contribution in [0, 0.1) is 5.82 Å². The molecule has 3 aromatic rings. The second kappa shape index (κ2) is 11.3. The first-order chi connectivity index (χ1) is 16.6. The van der Waals surface area contributed by atoms with Crippen molar-refractivity contribution in [3.05, 3.63) is 102 Å². The average molecular weight is 459 g/mol. The van der Waals surface area contributed by atoms with Crippen LogP contribution in [0.15, 0.2) is 79.4 Å². The van der Waals surface area contributed by atoms with Gasteiger partial charge < -0.3 is 15.5 Å². The first kappa shape index (κ1) is 24.0. The predicted molar refractivity (Wildman–Crippen MR) is 141 cm³/mol. The number of para-hydroxylation sites is 1. The van der Waals surface area contributed by atoms with E-state index in [0.29, 0.717) is 5.69 Å². The molecule has 1 unspecified atom stereocenters. The van der Waals surface area contributed by atoms with E-state index in [0.717, 1.165) is 56.2 Å². The molecule has 4 nitrogen and oxygen atoms in total. The number of benzene rings is 3. The minimum absolute atomic E-state index is 0.125. The van der Waals surface area contributed by atoms with Gasteiger partial charge in [-0.1, -0.05) is 55.1 Å². The number of nitrogens with zero attached hydrogens (tertiary/aromatic N) is 2. The van der Waals surface area contributed by atoms with Crippen molar-refractivity contribution >= 4 is 17.1 Å². The summed E-state index contributed by atoms with van der Waals surface area (Å²) in [5.41, 5.74) is 6.03. The summed E-state index contributed by atoms with van der Waals surface area (Å²) in [6.45, 7) is 14.4. The van der Waals surface area contributed by atoms with Gasteiger partial charge in [-0.15, -0.1) is 0 Å². The molecular weight excluding hydrogens is 423 g/mol. The van der Waals surface area contributed by atoms with Crippen molar-refractivity contribution in [1.29, 1.82) is 0 Å². The molecule has 0 aromatic heterocycles. The highest BCUT2D eigenvalue weighted by molar-refractivity contribution is 5.63. The molecule has 0 aliphatic carbocycles. The van der Waals surface area contributed by atoms with Crippen molar-refractivity contribution in [3.8, 4) is 0 Å². The fourth-order valence-electron chi connectivity index (χ4n) is 4.70. The molecule has 0 amide bonds. The fraction of sp³-hybridized carbons (Fsp3) is 0.310. The molecule has 1 heterocycles. The van der Waals surface area contributed by atoms with Gasteiger partial charge in [-0.2, -0.15) is 0 Å². The molecule has 0 spiro atoms. The molecule has 34 heavy (non-hydrogen) atoms. The van der Waals surface area contributed by atoms with Gasteiger partial charge in [0.1, 0.15) is 5.82 Å². The summed E-state index contributed by atoms with van der Waals surface area (Å²) in [5, 5.41) is 6.71. The maximum Gasteiger partial charge on any atom is 0.146 e. The lowest BCUT2D eigenvalue weighted by Crippen LogP contribution is -2.45. The standard InChI is InChI=1S/C29H35FN4/c1-4-33(5-2)22(3)23-13-15-24(16-14-23)29(34-19-17-31-18-20-34)25-9-8-10-26(21-25)32-28-12-7-6-11-27(28)30/h6-16,21,29,31-32H,3-5,17-20H2,1-2H3. The van der Waals surface area contributed by atoms with Gasteiger partial charge in [-0.05, 0) is 54.8 Å². The SMILES string of the molecule is C=C(c1ccc(C(c2cccc(Nc3ccccc3F)c2)N2CCNCC2)cc1)N(CC)CC. The smallest absolute Gasteiger partial charge is 0.146 e. The molecule has 4 rings (SSSR count). The maximum atomic E-state index is 14.2. The average Bonchev–Trinajstić information content (AvgIpc) is 2.88. The summed E-state index contributed by atoms with van der Waals surface area (Å²) < 4.78 is 14.2. The second-order valence-corrected chi connectivity index (χ2v) is 8.66. The molecule has 1 aliphatic rings. The lowest BCUT2D eigenvalue weighted by Gasteiger charge is -2.36. The van der Waals surface area contributed by atoms with Crippen molar-refractivity contribution in [3.63, 3.8) is 0 Å². The van der Waals surface area contributed by atoms with E-state index in [9.17, 15) is 4.39 Å². The Morgan fingerprint density at radius 1 is 0.971 bits per heavy atom. The summed E-state index contributed by atoms with van der Waals surface area (Å²) in [7, 11) is 0. The zero-order valence-electron chi connectivity index (χ0n) is 20.2. The fourth-order valence-corrected chi connectivity index (χ4v) is 4.70. The third-order valence-corrected chi connectivity index (χ3v) is 6.58. The molecule has 3 aromatic carbocycles. The Morgan fingerprint density at radius 3 is 2.35 bits per heavy atom. The number of halogens is 1. The molecule has 1 saturated heterocycles. The van der Waals surface area contributed by atoms with Crippen molar-refractivity contribution in [2.45, 2.75) is 19.9 Å². The molecule has 0 saturated carbocycles. The van der Waals surface area contributed by atoms with Crippen LogP contribution in [0.2, 0.25) is 0 Å². The Balaban J connectivity index is 1.65. The van der Waals surface area contributed by atoms with Gasteiger partial charge in [0.05, 0.1) is 11.7 Å². The van der Waals surface area contributed by atoms with Gasteiger partial charge in [0.15, 0.2) is 0 Å². The topological polar surface area (TPSA) is 30.5 Å². The quantitative estimate of drug-likeness (QED) is 0.419. The van der Waals surface area contributed by atoms with Gasteiger partial charge >= 0.3 is 0 Å². The lowest BCUT2D eigenvalue weighted by atomic mass is 9.94. The monoisotopic (exact) mass is 458 g/mol. The third-order valence-electron chi connectivity index (χ3n) is 6.58. The third kappa shape index (κ3) is 5.49. The Bertz CT molecular complexity index is 1090. The summed E-state index contributed by atoms with van der Waals surface area (Å²) in [4.78, 5) is 4.80. The molecule has 0 bridgehead atoms. The van der Waals surface area contributed by atoms with Crippen LogP contribution >= 0.6 is 0 Å². The van der Waals surface area contributed by atoms with Crippen molar-refractivity contribution in [2.24, 2.45) is 0 Å². The van der Waals surface area contributed by atoms with E-state index in [1.165, 1.54) is 17.2 Å². The van der Waals surface area contributed by atoms with E-state index in [-0.39, 0.29) is 11.9 Å². The molecule has 0 radical (unpaired) electrons. The second-order valence-electron chi connectivity index (χ2n) is 8.66. The van der Waals surface area contributed by atoms with Gasteiger partial charge in [-0.25, -0.2) is 4.39 Å². The molecular formula is C29H35FN4. The van der Waals surface area contributed by atoms with Gasteiger partial charge in [-0.3, -0.25) is 4.90 Å². The van der Waals surface area contributed by atoms with Crippen LogP contribution in [0.4, 0.5) is 15.8 Å². The first-order valence-corrected chi connectivity index (χ1v) is 12.2. The Morgan fingerprint density at radius 2 is 1.68 bits per heavy atom. The maximum absolute atomic E-state index is 14.2. The zero-order chi connectivity index (χ0) is 23.9. The van der Waals surface area contributed by atoms with Crippen LogP contribution in [0.25, 0.3) is 5.70 Å². The van der Waals surface area contributed by atoms with Crippen LogP contribution in [0.5, 0.6) is 0 Å². The number of hydrogen-bond acceptors (Lipinski definition) is 4. The highest BCUT2D eigenvalue weighted by Crippen LogP contribution is 2.32. The minimum atomic E-state index is -0.254. The van der Waals surface area contributed by atoms with Crippen molar-refractivity contribution < 1.29 is 4.39 Å². The summed E-state index contributed by atoms with van der Waals surface area (Å²) in [6, 6.07) is 24.1. The van der Waals surface area contributed by atoms with Gasteiger partial charge in [0, 0.05) is 50.7 Å². The number of hydrogen-bond donors (Lipinski definition) is 2. The van der Waals surface area contributed by atoms with E-state index >= 15 is 0 Å². The van der Waals surface area contributed by atoms with Gasteiger partial charge in [0.2, 0.25) is 0 Å². The highest BCUT2D eigenvalue weighted by atomic mass is 19.1. The van der Waals surface area contributed by atoms with Crippen molar-refractivity contribution in [1.82, 2.24) is 15.1 Å². The lowest BCUT2D eigenvalue weighted by molar-refractivity contribution is 0.198. The number of anilines is 2. The Kier molecular flexibility index (Phi) is 7.99. The molecule has 1 aliphatic heterocycles. The predicted octanol–water partition coefficient (Wildman–Crippen LogP) is 5.88. The summed E-state index contributed by atoms with van der Waals surface area (Å²) >= 11 is 0. The summed E-state index contributed by atoms with van der Waals surface area (Å²) in [5.74, 6) is -0.254. The van der Waals surface area contributed by atoms with Crippen LogP contribution in [-0.2, 0) is 0 Å². The van der Waals surface area contributed by atoms with Crippen LogP contribution < -0.4 is 10.6 Å². The normalized spacial score (nSPS) is 15.0. The van der Waals surface area contributed by atoms with Crippen molar-refractivity contribution in [2.75, 3.05) is 44.6 Å². The van der Waals surface area contributed by atoms with E-state index in [1.54, 1.807) is 12.1 Å². The molecule has 178 valence electrons. The molecule has 1 fully saturated rings. The van der Waals surface area contributed by atoms with Crippen LogP contribution in [-0.4, -0.2) is 49.1 Å². The number of nitrogens with one attached hydrogen (secondary N) is 2. The molecule has 2 N–H and O–H groups in total. The highest BCUT2D eigenvalue weighted by Gasteiger charge is 2.24. The number of piperazine rings is 1. The largest absolute Gasteiger partial charge is 0.372 e. The van der Waals surface area contributed by atoms with Crippen LogP contribution in [0.3, 0.4) is 0 Å². The summed E-state index contributed by atoms with van der Waals surface area (Å²) in [6.07, 6.45) is 0. The van der Waals surface area contributed by atoms with Gasteiger partial charge in [0.25, 0.3) is 0 Å². The zero-order valence-corrected chi connectivity index (χ0v) is 20.2. The van der Waals surface area contributed by atoms with E-state index < -0.39 is 0 Å². The first-order valence-electron chi connectivity index (χ1n) is 12.2. The van der Waals surface area contributed by atoms with E-state index in [1.807, 2.05) is 18.2 Å². The minimum Gasteiger partial charge on any atom is -0.372 e.